The number of nitrogens with two attached hydrogens (primary N) is 1. The quantitative estimate of drug-likeness (QED) is 0.693. The lowest BCUT2D eigenvalue weighted by molar-refractivity contribution is -0.00920. The van der Waals surface area contributed by atoms with Gasteiger partial charge in [-0.2, -0.15) is 0 Å². The topological polar surface area (TPSA) is 29.3 Å². The largest absolute Gasteiger partial charge is 0.325 e. The third-order valence-corrected chi connectivity index (χ3v) is 4.05. The van der Waals surface area contributed by atoms with E-state index in [2.05, 4.69) is 25.8 Å². The zero-order chi connectivity index (χ0) is 10.4. The number of nitrogens with zero attached hydrogens (tertiary/aromatic N) is 1. The van der Waals surface area contributed by atoms with Gasteiger partial charge in [0.25, 0.3) is 0 Å². The van der Waals surface area contributed by atoms with E-state index in [1.54, 1.807) is 0 Å². The maximum absolute atomic E-state index is 6.49. The minimum absolute atomic E-state index is 0.165. The summed E-state index contributed by atoms with van der Waals surface area (Å²) < 4.78 is 0. The number of hydrogen-bond donors (Lipinski definition) is 1. The highest BCUT2D eigenvalue weighted by Gasteiger charge is 2.51. The summed E-state index contributed by atoms with van der Waals surface area (Å²) in [7, 11) is 2.22. The van der Waals surface area contributed by atoms with Crippen LogP contribution in [0.25, 0.3) is 0 Å². The van der Waals surface area contributed by atoms with Gasteiger partial charge in [0.05, 0.1) is 0 Å². The summed E-state index contributed by atoms with van der Waals surface area (Å²) in [5.41, 5.74) is 7.16. The van der Waals surface area contributed by atoms with E-state index in [4.69, 9.17) is 5.73 Å². The number of hydrogen-bond acceptors (Lipinski definition) is 2. The number of likely N-dealkylation sites (tertiary alicyclic amines) is 1. The Morgan fingerprint density at radius 2 is 1.93 bits per heavy atom. The zero-order valence-electron chi connectivity index (χ0n) is 9.84. The van der Waals surface area contributed by atoms with Crippen molar-refractivity contribution in [3.05, 3.63) is 0 Å². The van der Waals surface area contributed by atoms with Crippen LogP contribution in [0.3, 0.4) is 0 Å². The third kappa shape index (κ3) is 1.82. The highest BCUT2D eigenvalue weighted by molar-refractivity contribution is 5.07. The predicted octanol–water partition coefficient (Wildman–Crippen LogP) is 1.85. The molecule has 1 aliphatic heterocycles. The van der Waals surface area contributed by atoms with Crippen LogP contribution in [0.15, 0.2) is 0 Å². The van der Waals surface area contributed by atoms with Gasteiger partial charge in [-0.3, -0.25) is 0 Å². The van der Waals surface area contributed by atoms with Crippen molar-refractivity contribution in [3.63, 3.8) is 0 Å². The molecule has 2 fully saturated rings. The van der Waals surface area contributed by atoms with E-state index >= 15 is 0 Å². The molecule has 2 heteroatoms. The van der Waals surface area contributed by atoms with Gasteiger partial charge >= 0.3 is 0 Å². The summed E-state index contributed by atoms with van der Waals surface area (Å²) in [6.07, 6.45) is 5.12. The first kappa shape index (κ1) is 10.4. The molecule has 0 aromatic carbocycles. The Morgan fingerprint density at radius 3 is 2.43 bits per heavy atom. The molecule has 2 rings (SSSR count). The molecule has 2 aliphatic rings. The summed E-state index contributed by atoms with van der Waals surface area (Å²) in [5, 5.41) is 0. The second kappa shape index (κ2) is 3.21. The predicted molar refractivity (Wildman–Crippen MR) is 60.2 cm³/mol. The lowest BCUT2D eigenvalue weighted by Gasteiger charge is -2.56. The minimum atomic E-state index is 0.165. The molecule has 0 aromatic heterocycles. The Morgan fingerprint density at radius 1 is 1.29 bits per heavy atom. The van der Waals surface area contributed by atoms with Gasteiger partial charge in [-0.1, -0.05) is 13.8 Å². The summed E-state index contributed by atoms with van der Waals surface area (Å²) in [4.78, 5) is 2.44. The number of rotatable bonds is 1. The maximum atomic E-state index is 6.49. The van der Waals surface area contributed by atoms with Gasteiger partial charge in [0.1, 0.15) is 0 Å². The van der Waals surface area contributed by atoms with Crippen molar-refractivity contribution in [1.29, 1.82) is 0 Å². The van der Waals surface area contributed by atoms with Crippen molar-refractivity contribution in [3.8, 4) is 0 Å². The van der Waals surface area contributed by atoms with E-state index < -0.39 is 0 Å². The SMILES string of the molecule is CN1CCCC(C2(N)CC(C)(C)C2)C1. The van der Waals surface area contributed by atoms with Crippen molar-refractivity contribution in [2.75, 3.05) is 20.1 Å². The van der Waals surface area contributed by atoms with Crippen LogP contribution in [0.5, 0.6) is 0 Å². The molecule has 1 unspecified atom stereocenters. The van der Waals surface area contributed by atoms with Crippen LogP contribution >= 0.6 is 0 Å². The first-order valence-electron chi connectivity index (χ1n) is 5.89. The van der Waals surface area contributed by atoms with E-state index in [1.165, 1.54) is 38.8 Å². The smallest absolute Gasteiger partial charge is 0.0205 e. The van der Waals surface area contributed by atoms with Crippen LogP contribution in [0.1, 0.15) is 39.5 Å². The molecule has 1 atom stereocenters. The average molecular weight is 196 g/mol. The Hall–Kier alpha value is -0.0800. The van der Waals surface area contributed by atoms with Crippen molar-refractivity contribution < 1.29 is 0 Å². The first-order chi connectivity index (χ1) is 6.41. The highest BCUT2D eigenvalue weighted by atomic mass is 15.1. The molecule has 0 radical (unpaired) electrons. The molecule has 0 bridgehead atoms. The first-order valence-corrected chi connectivity index (χ1v) is 5.89. The summed E-state index contributed by atoms with van der Waals surface area (Å²) in [6, 6.07) is 0. The molecule has 1 heterocycles. The molecule has 0 amide bonds. The maximum Gasteiger partial charge on any atom is 0.0205 e. The molecule has 1 saturated carbocycles. The van der Waals surface area contributed by atoms with Crippen LogP contribution in [0, 0.1) is 11.3 Å². The van der Waals surface area contributed by atoms with Gasteiger partial charge in [-0.05, 0) is 50.6 Å². The standard InChI is InChI=1S/C12H24N2/c1-11(2)8-12(13,9-11)10-5-4-6-14(3)7-10/h10H,4-9,13H2,1-3H3. The van der Waals surface area contributed by atoms with Crippen molar-refractivity contribution >= 4 is 0 Å². The van der Waals surface area contributed by atoms with Crippen molar-refractivity contribution in [2.24, 2.45) is 17.1 Å². The fourth-order valence-corrected chi connectivity index (χ4v) is 3.65. The summed E-state index contributed by atoms with van der Waals surface area (Å²) >= 11 is 0. The van der Waals surface area contributed by atoms with E-state index in [1.807, 2.05) is 0 Å². The van der Waals surface area contributed by atoms with Crippen LogP contribution in [0.2, 0.25) is 0 Å². The fraction of sp³-hybridized carbons (Fsp3) is 1.00. The molecular formula is C12H24N2. The molecule has 0 spiro atoms. The average Bonchev–Trinajstić information content (AvgIpc) is 2.00. The lowest BCUT2D eigenvalue weighted by atomic mass is 9.54. The van der Waals surface area contributed by atoms with E-state index in [0.717, 1.165) is 5.92 Å². The second-order valence-corrected chi connectivity index (χ2v) is 6.35. The zero-order valence-corrected chi connectivity index (χ0v) is 9.84. The Bertz CT molecular complexity index is 214. The summed E-state index contributed by atoms with van der Waals surface area (Å²) in [5.74, 6) is 0.745. The molecule has 82 valence electrons. The fourth-order valence-electron chi connectivity index (χ4n) is 3.65. The summed E-state index contributed by atoms with van der Waals surface area (Å²) in [6.45, 7) is 7.15. The molecule has 1 aliphatic carbocycles. The minimum Gasteiger partial charge on any atom is -0.325 e. The van der Waals surface area contributed by atoms with Gasteiger partial charge in [0.2, 0.25) is 0 Å². The van der Waals surface area contributed by atoms with Crippen molar-refractivity contribution in [1.82, 2.24) is 4.90 Å². The Labute approximate surface area is 87.8 Å². The van der Waals surface area contributed by atoms with Crippen LogP contribution in [0.4, 0.5) is 0 Å². The van der Waals surface area contributed by atoms with Crippen LogP contribution in [-0.2, 0) is 0 Å². The van der Waals surface area contributed by atoms with Gasteiger partial charge in [-0.25, -0.2) is 0 Å². The Balaban J connectivity index is 1.95. The number of piperidine rings is 1. The monoisotopic (exact) mass is 196 g/mol. The third-order valence-electron chi connectivity index (χ3n) is 4.05. The molecule has 2 nitrogen and oxygen atoms in total. The van der Waals surface area contributed by atoms with Gasteiger partial charge < -0.3 is 10.6 Å². The van der Waals surface area contributed by atoms with E-state index in [-0.39, 0.29) is 5.54 Å². The van der Waals surface area contributed by atoms with E-state index in [9.17, 15) is 0 Å². The molecular weight excluding hydrogens is 172 g/mol. The van der Waals surface area contributed by atoms with Crippen LogP contribution in [-0.4, -0.2) is 30.6 Å². The molecule has 1 saturated heterocycles. The lowest BCUT2D eigenvalue weighted by Crippen LogP contribution is -2.63. The van der Waals surface area contributed by atoms with Gasteiger partial charge in [0.15, 0.2) is 0 Å². The van der Waals surface area contributed by atoms with Gasteiger partial charge in [0, 0.05) is 12.1 Å². The van der Waals surface area contributed by atoms with Crippen LogP contribution < -0.4 is 5.73 Å². The highest BCUT2D eigenvalue weighted by Crippen LogP contribution is 2.51. The second-order valence-electron chi connectivity index (χ2n) is 6.35. The molecule has 14 heavy (non-hydrogen) atoms. The molecule has 0 aromatic rings. The Kier molecular flexibility index (Phi) is 2.39. The normalized spacial score (nSPS) is 36.4. The van der Waals surface area contributed by atoms with E-state index in [0.29, 0.717) is 5.41 Å². The molecule has 2 N–H and O–H groups in total. The van der Waals surface area contributed by atoms with Crippen molar-refractivity contribution in [2.45, 2.75) is 45.1 Å². The van der Waals surface area contributed by atoms with Gasteiger partial charge in [-0.15, -0.1) is 0 Å².